The van der Waals surface area contributed by atoms with E-state index >= 15 is 0 Å². The van der Waals surface area contributed by atoms with Crippen molar-refractivity contribution in [1.82, 2.24) is 15.0 Å². The number of piperidine rings is 1. The van der Waals surface area contributed by atoms with Gasteiger partial charge in [0.15, 0.2) is 0 Å². The van der Waals surface area contributed by atoms with Crippen LogP contribution in [0.2, 0.25) is 0 Å². The molecule has 1 aromatic carbocycles. The molecule has 0 unspecified atom stereocenters. The fourth-order valence-electron chi connectivity index (χ4n) is 4.35. The monoisotopic (exact) mass is 353 g/mol. The zero-order valence-corrected chi connectivity index (χ0v) is 15.4. The summed E-state index contributed by atoms with van der Waals surface area (Å²) >= 11 is 0. The van der Waals surface area contributed by atoms with Gasteiger partial charge in [-0.1, -0.05) is 35.5 Å². The number of carbonyl (C=O) groups excluding carboxylic acids is 1. The number of benzene rings is 1. The summed E-state index contributed by atoms with van der Waals surface area (Å²) in [6.07, 6.45) is 4.28. The summed E-state index contributed by atoms with van der Waals surface area (Å²) in [7, 11) is 0. The lowest BCUT2D eigenvalue weighted by atomic mass is 9.89. The van der Waals surface area contributed by atoms with E-state index in [2.05, 4.69) is 40.4 Å². The molecule has 2 aliphatic heterocycles. The summed E-state index contributed by atoms with van der Waals surface area (Å²) in [5.74, 6) is 1.66. The van der Waals surface area contributed by atoms with Gasteiger partial charge in [-0.15, -0.1) is 0 Å². The molecule has 2 aliphatic rings. The molecule has 138 valence electrons. The highest BCUT2D eigenvalue weighted by Crippen LogP contribution is 2.32. The van der Waals surface area contributed by atoms with E-state index in [1.165, 1.54) is 5.56 Å². The Kier molecular flexibility index (Phi) is 5.07. The van der Waals surface area contributed by atoms with E-state index in [0.717, 1.165) is 56.8 Å². The topological polar surface area (TPSA) is 49.6 Å². The molecule has 5 nitrogen and oxygen atoms in total. The molecule has 2 saturated heterocycles. The molecule has 0 spiro atoms. The summed E-state index contributed by atoms with van der Waals surface area (Å²) in [6.45, 7) is 5.24. The van der Waals surface area contributed by atoms with E-state index in [9.17, 15) is 4.79 Å². The van der Waals surface area contributed by atoms with Crippen molar-refractivity contribution in [3.8, 4) is 0 Å². The van der Waals surface area contributed by atoms with Crippen LogP contribution in [-0.4, -0.2) is 47.0 Å². The van der Waals surface area contributed by atoms with Crippen LogP contribution in [0.4, 0.5) is 0 Å². The first-order valence-electron chi connectivity index (χ1n) is 9.70. The van der Waals surface area contributed by atoms with Crippen molar-refractivity contribution in [1.29, 1.82) is 0 Å². The van der Waals surface area contributed by atoms with E-state index in [0.29, 0.717) is 12.5 Å². The number of hydrogen-bond donors (Lipinski definition) is 0. The molecule has 3 heterocycles. The van der Waals surface area contributed by atoms with Gasteiger partial charge in [0.25, 0.3) is 0 Å². The van der Waals surface area contributed by atoms with Crippen LogP contribution in [0, 0.1) is 6.92 Å². The Morgan fingerprint density at radius 1 is 1.15 bits per heavy atom. The lowest BCUT2D eigenvalue weighted by Gasteiger charge is -2.33. The van der Waals surface area contributed by atoms with Gasteiger partial charge in [-0.25, -0.2) is 0 Å². The second-order valence-corrected chi connectivity index (χ2v) is 7.57. The molecule has 0 aliphatic carbocycles. The summed E-state index contributed by atoms with van der Waals surface area (Å²) in [4.78, 5) is 17.2. The zero-order valence-electron chi connectivity index (χ0n) is 15.4. The van der Waals surface area contributed by atoms with Gasteiger partial charge in [0, 0.05) is 12.6 Å². The molecule has 0 N–H and O–H groups in total. The lowest BCUT2D eigenvalue weighted by molar-refractivity contribution is -0.133. The van der Waals surface area contributed by atoms with Gasteiger partial charge in [0.05, 0.1) is 12.6 Å². The van der Waals surface area contributed by atoms with Crippen LogP contribution in [0.3, 0.4) is 0 Å². The van der Waals surface area contributed by atoms with E-state index in [-0.39, 0.29) is 11.9 Å². The number of hydrogen-bond acceptors (Lipinski definition) is 4. The quantitative estimate of drug-likeness (QED) is 0.844. The zero-order chi connectivity index (χ0) is 17.9. The van der Waals surface area contributed by atoms with Crippen molar-refractivity contribution in [2.24, 2.45) is 0 Å². The van der Waals surface area contributed by atoms with Crippen molar-refractivity contribution in [3.63, 3.8) is 0 Å². The van der Waals surface area contributed by atoms with Crippen LogP contribution in [0.25, 0.3) is 0 Å². The van der Waals surface area contributed by atoms with Gasteiger partial charge in [-0.2, -0.15) is 0 Å². The fourth-order valence-corrected chi connectivity index (χ4v) is 4.35. The van der Waals surface area contributed by atoms with Gasteiger partial charge < -0.3 is 9.42 Å². The second kappa shape index (κ2) is 7.62. The van der Waals surface area contributed by atoms with Crippen LogP contribution in [0.1, 0.15) is 54.7 Å². The Labute approximate surface area is 155 Å². The lowest BCUT2D eigenvalue weighted by Crippen LogP contribution is -2.43. The molecule has 0 bridgehead atoms. The maximum atomic E-state index is 12.9. The van der Waals surface area contributed by atoms with E-state index in [1.807, 2.05) is 17.9 Å². The van der Waals surface area contributed by atoms with Crippen molar-refractivity contribution < 1.29 is 9.32 Å². The fraction of sp³-hybridized carbons (Fsp3) is 0.524. The summed E-state index contributed by atoms with van der Waals surface area (Å²) in [6, 6.07) is 12.8. The number of aryl methyl sites for hydroxylation is 1. The first-order chi connectivity index (χ1) is 12.7. The second-order valence-electron chi connectivity index (χ2n) is 7.57. The predicted molar refractivity (Wildman–Crippen MR) is 99.8 cm³/mol. The van der Waals surface area contributed by atoms with Gasteiger partial charge >= 0.3 is 0 Å². The van der Waals surface area contributed by atoms with Crippen molar-refractivity contribution in [2.75, 3.05) is 26.2 Å². The third-order valence-corrected chi connectivity index (χ3v) is 5.78. The Hall–Kier alpha value is -2.14. The normalized spacial score (nSPS) is 22.0. The molecular weight excluding hydrogens is 326 g/mol. The third kappa shape index (κ3) is 3.68. The SMILES string of the molecule is Cc1cc([C@H]2CCCN2C(=O)CN2CCC(c3ccccc3)CC2)no1. The minimum Gasteiger partial charge on any atom is -0.361 e. The number of amides is 1. The summed E-state index contributed by atoms with van der Waals surface area (Å²) in [5.41, 5.74) is 2.33. The van der Waals surface area contributed by atoms with Crippen molar-refractivity contribution in [2.45, 2.75) is 44.6 Å². The number of nitrogens with zero attached hydrogens (tertiary/aromatic N) is 3. The highest BCUT2D eigenvalue weighted by Gasteiger charge is 2.33. The van der Waals surface area contributed by atoms with Crippen molar-refractivity contribution >= 4 is 5.91 Å². The van der Waals surface area contributed by atoms with Crippen LogP contribution >= 0.6 is 0 Å². The smallest absolute Gasteiger partial charge is 0.237 e. The minimum atomic E-state index is 0.0850. The molecule has 2 fully saturated rings. The highest BCUT2D eigenvalue weighted by molar-refractivity contribution is 5.79. The minimum absolute atomic E-state index is 0.0850. The summed E-state index contributed by atoms with van der Waals surface area (Å²) < 4.78 is 5.21. The molecular formula is C21H27N3O2. The van der Waals surface area contributed by atoms with Gasteiger partial charge in [-0.3, -0.25) is 9.69 Å². The van der Waals surface area contributed by atoms with Crippen LogP contribution in [-0.2, 0) is 4.79 Å². The van der Waals surface area contributed by atoms with Crippen molar-refractivity contribution in [3.05, 3.63) is 53.4 Å². The third-order valence-electron chi connectivity index (χ3n) is 5.78. The first kappa shape index (κ1) is 17.3. The van der Waals surface area contributed by atoms with Crippen LogP contribution in [0.15, 0.2) is 40.9 Å². The first-order valence-corrected chi connectivity index (χ1v) is 9.70. The average Bonchev–Trinajstić information content (AvgIpc) is 3.32. The van der Waals surface area contributed by atoms with E-state index in [1.54, 1.807) is 0 Å². The predicted octanol–water partition coefficient (Wildman–Crippen LogP) is 3.53. The molecule has 5 heteroatoms. The largest absolute Gasteiger partial charge is 0.361 e. The Bertz CT molecular complexity index is 735. The van der Waals surface area contributed by atoms with Crippen LogP contribution in [0.5, 0.6) is 0 Å². The number of aromatic nitrogens is 1. The maximum Gasteiger partial charge on any atom is 0.237 e. The standard InChI is InChI=1S/C21H27N3O2/c1-16-14-19(22-26-16)20-8-5-11-24(20)21(25)15-23-12-9-18(10-13-23)17-6-3-2-4-7-17/h2-4,6-7,14,18,20H,5,8-13,15H2,1H3/t20-/m1/s1. The van der Waals surface area contributed by atoms with Gasteiger partial charge in [-0.05, 0) is 57.2 Å². The Morgan fingerprint density at radius 3 is 2.62 bits per heavy atom. The molecule has 2 aromatic rings. The summed E-state index contributed by atoms with van der Waals surface area (Å²) in [5, 5.41) is 4.14. The molecule has 1 aromatic heterocycles. The van der Waals surface area contributed by atoms with Gasteiger partial charge in [0.2, 0.25) is 5.91 Å². The maximum absolute atomic E-state index is 12.9. The molecule has 0 radical (unpaired) electrons. The van der Waals surface area contributed by atoms with Crippen LogP contribution < -0.4 is 0 Å². The molecule has 4 rings (SSSR count). The Balaban J connectivity index is 1.32. The number of rotatable bonds is 4. The number of likely N-dealkylation sites (tertiary alicyclic amines) is 2. The Morgan fingerprint density at radius 2 is 1.92 bits per heavy atom. The molecule has 26 heavy (non-hydrogen) atoms. The van der Waals surface area contributed by atoms with E-state index < -0.39 is 0 Å². The molecule has 0 saturated carbocycles. The average molecular weight is 353 g/mol. The van der Waals surface area contributed by atoms with Gasteiger partial charge in [0.1, 0.15) is 11.5 Å². The molecule has 1 atom stereocenters. The highest BCUT2D eigenvalue weighted by atomic mass is 16.5. The molecule has 1 amide bonds. The number of carbonyl (C=O) groups is 1. The van der Waals surface area contributed by atoms with E-state index in [4.69, 9.17) is 4.52 Å².